The molecule has 0 aromatic carbocycles. The summed E-state index contributed by atoms with van der Waals surface area (Å²) in [6.07, 6.45) is -0.767. The third-order valence-corrected chi connectivity index (χ3v) is 2.99. The van der Waals surface area contributed by atoms with Crippen LogP contribution in [-0.4, -0.2) is 50.0 Å². The Morgan fingerprint density at radius 2 is 1.88 bits per heavy atom. The van der Waals surface area contributed by atoms with Crippen LogP contribution >= 0.6 is 11.8 Å². The molecule has 1 aliphatic rings. The van der Waals surface area contributed by atoms with Crippen molar-refractivity contribution in [2.45, 2.75) is 18.1 Å². The third kappa shape index (κ3) is 2.96. The van der Waals surface area contributed by atoms with Gasteiger partial charge in [0.1, 0.15) is 5.25 Å². The van der Waals surface area contributed by atoms with E-state index in [4.69, 9.17) is 10.2 Å². The Hall–Kier alpha value is -1.57. The van der Waals surface area contributed by atoms with Gasteiger partial charge >= 0.3 is 11.9 Å². The molecule has 88 valence electrons. The molecule has 0 spiro atoms. The molecule has 0 bridgehead atoms. The largest absolute Gasteiger partial charge is 0.481 e. The van der Waals surface area contributed by atoms with Gasteiger partial charge in [-0.1, -0.05) is 11.8 Å². The number of carboxylic acid groups (broad SMARTS) is 2. The SMILES string of the molecule is O=C(O)CCN1C(=O)SC(CC(=O)O)C1=O. The average molecular weight is 247 g/mol. The fourth-order valence-corrected chi connectivity index (χ4v) is 2.20. The van der Waals surface area contributed by atoms with E-state index < -0.39 is 34.8 Å². The highest BCUT2D eigenvalue weighted by atomic mass is 32.2. The molecular formula is C8H9NO6S. The summed E-state index contributed by atoms with van der Waals surface area (Å²) in [5.74, 6) is -2.91. The molecule has 0 aliphatic carbocycles. The summed E-state index contributed by atoms with van der Waals surface area (Å²) in [5, 5.41) is 15.4. The second-order valence-corrected chi connectivity index (χ2v) is 4.26. The summed E-state index contributed by atoms with van der Waals surface area (Å²) in [6, 6.07) is 0. The lowest BCUT2D eigenvalue weighted by Gasteiger charge is -2.11. The number of amides is 2. The fraction of sp³-hybridized carbons (Fsp3) is 0.500. The van der Waals surface area contributed by atoms with Crippen molar-refractivity contribution in [1.29, 1.82) is 0 Å². The highest BCUT2D eigenvalue weighted by molar-refractivity contribution is 8.15. The molecule has 7 nitrogen and oxygen atoms in total. The van der Waals surface area contributed by atoms with Crippen LogP contribution < -0.4 is 0 Å². The summed E-state index contributed by atoms with van der Waals surface area (Å²) < 4.78 is 0. The van der Waals surface area contributed by atoms with Crippen LogP contribution in [0.4, 0.5) is 4.79 Å². The van der Waals surface area contributed by atoms with E-state index in [1.54, 1.807) is 0 Å². The highest BCUT2D eigenvalue weighted by Crippen LogP contribution is 2.29. The Morgan fingerprint density at radius 3 is 2.38 bits per heavy atom. The molecule has 2 N–H and O–H groups in total. The lowest BCUT2D eigenvalue weighted by molar-refractivity contribution is -0.140. The van der Waals surface area contributed by atoms with Crippen LogP contribution in [-0.2, 0) is 14.4 Å². The Morgan fingerprint density at radius 1 is 1.25 bits per heavy atom. The average Bonchev–Trinajstić information content (AvgIpc) is 2.39. The van der Waals surface area contributed by atoms with E-state index in [-0.39, 0.29) is 13.0 Å². The van der Waals surface area contributed by atoms with Crippen LogP contribution in [0.5, 0.6) is 0 Å². The van der Waals surface area contributed by atoms with Crippen molar-refractivity contribution < 1.29 is 29.4 Å². The number of hydrogen-bond acceptors (Lipinski definition) is 5. The summed E-state index contributed by atoms with van der Waals surface area (Å²) in [5.41, 5.74) is 0. The molecule has 0 aromatic heterocycles. The lowest BCUT2D eigenvalue weighted by atomic mass is 10.2. The summed E-state index contributed by atoms with van der Waals surface area (Å²) in [7, 11) is 0. The van der Waals surface area contributed by atoms with Gasteiger partial charge in [-0.2, -0.15) is 0 Å². The molecule has 1 heterocycles. The molecule has 0 aromatic rings. The zero-order valence-electron chi connectivity index (χ0n) is 8.08. The van der Waals surface area contributed by atoms with Crippen molar-refractivity contribution >= 4 is 34.8 Å². The van der Waals surface area contributed by atoms with E-state index in [9.17, 15) is 19.2 Å². The smallest absolute Gasteiger partial charge is 0.305 e. The predicted octanol–water partition coefficient (Wildman–Crippen LogP) is -0.000200. The maximum atomic E-state index is 11.5. The molecule has 16 heavy (non-hydrogen) atoms. The molecule has 1 saturated heterocycles. The summed E-state index contributed by atoms with van der Waals surface area (Å²) in [4.78, 5) is 44.2. The quantitative estimate of drug-likeness (QED) is 0.703. The number of carboxylic acids is 2. The third-order valence-electron chi connectivity index (χ3n) is 1.91. The molecule has 2 amide bonds. The number of imide groups is 1. The van der Waals surface area contributed by atoms with Gasteiger partial charge in [-0.3, -0.25) is 24.1 Å². The zero-order chi connectivity index (χ0) is 12.3. The van der Waals surface area contributed by atoms with Crippen LogP contribution in [0, 0.1) is 0 Å². The molecule has 1 atom stereocenters. The number of thioether (sulfide) groups is 1. The second kappa shape index (κ2) is 4.97. The van der Waals surface area contributed by atoms with Gasteiger partial charge in [0, 0.05) is 6.54 Å². The van der Waals surface area contributed by atoms with Crippen LogP contribution in [0.2, 0.25) is 0 Å². The van der Waals surface area contributed by atoms with Crippen LogP contribution in [0.15, 0.2) is 0 Å². The van der Waals surface area contributed by atoms with Gasteiger partial charge < -0.3 is 10.2 Å². The zero-order valence-corrected chi connectivity index (χ0v) is 8.90. The monoisotopic (exact) mass is 247 g/mol. The van der Waals surface area contributed by atoms with Crippen molar-refractivity contribution in [1.82, 2.24) is 4.90 Å². The van der Waals surface area contributed by atoms with E-state index in [0.29, 0.717) is 11.8 Å². The molecule has 0 radical (unpaired) electrons. The van der Waals surface area contributed by atoms with Crippen molar-refractivity contribution in [3.05, 3.63) is 0 Å². The molecule has 0 saturated carbocycles. The van der Waals surface area contributed by atoms with E-state index in [2.05, 4.69) is 0 Å². The first-order valence-electron chi connectivity index (χ1n) is 4.37. The normalized spacial score (nSPS) is 20.2. The number of aliphatic carboxylic acids is 2. The number of rotatable bonds is 5. The Balaban J connectivity index is 2.60. The Bertz CT molecular complexity index is 354. The van der Waals surface area contributed by atoms with Crippen molar-refractivity contribution in [3.8, 4) is 0 Å². The Labute approximate surface area is 94.4 Å². The number of nitrogens with zero attached hydrogens (tertiary/aromatic N) is 1. The topological polar surface area (TPSA) is 112 Å². The first-order chi connectivity index (χ1) is 7.41. The van der Waals surface area contributed by atoms with Gasteiger partial charge in [-0.15, -0.1) is 0 Å². The fourth-order valence-electron chi connectivity index (χ4n) is 1.20. The van der Waals surface area contributed by atoms with E-state index in [1.807, 2.05) is 0 Å². The van der Waals surface area contributed by atoms with Gasteiger partial charge in [0.15, 0.2) is 0 Å². The van der Waals surface area contributed by atoms with Gasteiger partial charge in [0.25, 0.3) is 5.24 Å². The maximum Gasteiger partial charge on any atom is 0.305 e. The standard InChI is InChI=1S/C8H9NO6S/c10-5(11)1-2-9-7(14)4(3-6(12)13)16-8(9)15/h4H,1-3H2,(H,10,11)(H,12,13). The first-order valence-corrected chi connectivity index (χ1v) is 5.25. The minimum absolute atomic E-state index is 0.212. The second-order valence-electron chi connectivity index (χ2n) is 3.10. The van der Waals surface area contributed by atoms with Crippen LogP contribution in [0.3, 0.4) is 0 Å². The van der Waals surface area contributed by atoms with Crippen molar-refractivity contribution in [3.63, 3.8) is 0 Å². The van der Waals surface area contributed by atoms with E-state index in [1.165, 1.54) is 0 Å². The van der Waals surface area contributed by atoms with Gasteiger partial charge in [0.05, 0.1) is 12.8 Å². The molecule has 1 aliphatic heterocycles. The molecule has 8 heteroatoms. The number of hydrogen-bond donors (Lipinski definition) is 2. The molecule has 1 unspecified atom stereocenters. The van der Waals surface area contributed by atoms with Gasteiger partial charge in [-0.25, -0.2) is 0 Å². The number of carbonyl (C=O) groups excluding carboxylic acids is 2. The predicted molar refractivity (Wildman–Crippen MR) is 53.0 cm³/mol. The van der Waals surface area contributed by atoms with E-state index in [0.717, 1.165) is 4.90 Å². The van der Waals surface area contributed by atoms with Gasteiger partial charge in [0.2, 0.25) is 5.91 Å². The minimum atomic E-state index is -1.17. The van der Waals surface area contributed by atoms with Crippen LogP contribution in [0.1, 0.15) is 12.8 Å². The van der Waals surface area contributed by atoms with Crippen molar-refractivity contribution in [2.75, 3.05) is 6.54 Å². The molecular weight excluding hydrogens is 238 g/mol. The van der Waals surface area contributed by atoms with Crippen molar-refractivity contribution in [2.24, 2.45) is 0 Å². The summed E-state index contributed by atoms with van der Waals surface area (Å²) >= 11 is 0.625. The first kappa shape index (κ1) is 12.5. The minimum Gasteiger partial charge on any atom is -0.481 e. The molecule has 1 fully saturated rings. The molecule has 1 rings (SSSR count). The maximum absolute atomic E-state index is 11.5. The number of carbonyl (C=O) groups is 4. The van der Waals surface area contributed by atoms with Gasteiger partial charge in [-0.05, 0) is 0 Å². The highest BCUT2D eigenvalue weighted by Gasteiger charge is 2.40. The Kier molecular flexibility index (Phi) is 3.88. The summed E-state index contributed by atoms with van der Waals surface area (Å²) in [6.45, 7) is -0.212. The van der Waals surface area contributed by atoms with Crippen LogP contribution in [0.25, 0.3) is 0 Å². The lowest BCUT2D eigenvalue weighted by Crippen LogP contribution is -2.34. The van der Waals surface area contributed by atoms with E-state index >= 15 is 0 Å².